The van der Waals surface area contributed by atoms with Gasteiger partial charge in [0.05, 0.1) is 39.1 Å². The molecule has 0 heterocycles. The lowest BCUT2D eigenvalue weighted by atomic mass is 10.2. The molecular weight excluding hydrogens is 372 g/mol. The van der Waals surface area contributed by atoms with Gasteiger partial charge < -0.3 is 24.4 Å². The highest BCUT2D eigenvalue weighted by atomic mass is 35.5. The van der Waals surface area contributed by atoms with E-state index in [9.17, 15) is 4.79 Å². The molecule has 0 unspecified atom stereocenters. The van der Waals surface area contributed by atoms with Crippen molar-refractivity contribution in [2.45, 2.75) is 6.54 Å². The van der Waals surface area contributed by atoms with Gasteiger partial charge in [-0.05, 0) is 23.8 Å². The molecule has 8 heteroatoms. The molecule has 0 atom stereocenters. The van der Waals surface area contributed by atoms with Crippen molar-refractivity contribution in [3.8, 4) is 17.2 Å². The van der Waals surface area contributed by atoms with E-state index >= 15 is 0 Å². The summed E-state index contributed by atoms with van der Waals surface area (Å²) in [6, 6.07) is 11.0. The molecular formula is C19H21ClN2O5. The van der Waals surface area contributed by atoms with Crippen LogP contribution in [0.2, 0.25) is 5.02 Å². The maximum absolute atomic E-state index is 11.2. The molecule has 1 N–H and O–H groups in total. The predicted molar refractivity (Wildman–Crippen MR) is 103 cm³/mol. The summed E-state index contributed by atoms with van der Waals surface area (Å²) in [4.78, 5) is 11.2. The molecule has 2 aromatic carbocycles. The number of benzene rings is 2. The lowest BCUT2D eigenvalue weighted by Gasteiger charge is -2.12. The van der Waals surface area contributed by atoms with Gasteiger partial charge in [0.15, 0.2) is 18.1 Å². The van der Waals surface area contributed by atoms with Gasteiger partial charge in [-0.25, -0.2) is 4.79 Å². The van der Waals surface area contributed by atoms with E-state index in [-0.39, 0.29) is 12.4 Å². The van der Waals surface area contributed by atoms with E-state index in [0.717, 1.165) is 11.3 Å². The van der Waals surface area contributed by atoms with Crippen molar-refractivity contribution in [3.63, 3.8) is 0 Å². The van der Waals surface area contributed by atoms with Gasteiger partial charge in [-0.1, -0.05) is 29.8 Å². The Kier molecular flexibility index (Phi) is 7.76. The number of nitrogens with zero attached hydrogens (tertiary/aromatic N) is 1. The molecule has 0 aliphatic carbocycles. The van der Waals surface area contributed by atoms with Crippen LogP contribution in [0.1, 0.15) is 11.1 Å². The topological polar surface area (TPSA) is 78.4 Å². The van der Waals surface area contributed by atoms with Gasteiger partial charge in [-0.15, -0.1) is 0 Å². The molecule has 0 radical (unpaired) electrons. The van der Waals surface area contributed by atoms with Crippen molar-refractivity contribution in [3.05, 3.63) is 52.5 Å². The third kappa shape index (κ3) is 5.79. The van der Waals surface area contributed by atoms with Crippen LogP contribution in [-0.4, -0.2) is 40.1 Å². The van der Waals surface area contributed by atoms with Crippen molar-refractivity contribution >= 4 is 23.8 Å². The third-order valence-electron chi connectivity index (χ3n) is 3.58. The van der Waals surface area contributed by atoms with Gasteiger partial charge in [0, 0.05) is 5.56 Å². The zero-order chi connectivity index (χ0) is 19.6. The van der Waals surface area contributed by atoms with Gasteiger partial charge in [0.1, 0.15) is 5.75 Å². The van der Waals surface area contributed by atoms with Crippen LogP contribution in [0.5, 0.6) is 17.2 Å². The number of halogens is 1. The maximum atomic E-state index is 11.2. The molecule has 0 saturated carbocycles. The fourth-order valence-corrected chi connectivity index (χ4v) is 2.52. The summed E-state index contributed by atoms with van der Waals surface area (Å²) in [5.74, 6) is 0.928. The van der Waals surface area contributed by atoms with Crippen molar-refractivity contribution in [2.24, 2.45) is 5.10 Å². The second-order valence-electron chi connectivity index (χ2n) is 5.30. The molecule has 144 valence electrons. The Labute approximate surface area is 162 Å². The first-order valence-electron chi connectivity index (χ1n) is 8.04. The number of rotatable bonds is 9. The summed E-state index contributed by atoms with van der Waals surface area (Å²) in [7, 11) is 4.39. The highest BCUT2D eigenvalue weighted by molar-refractivity contribution is 6.32. The Balaban J connectivity index is 2.04. The number of carbonyl (C=O) groups is 1. The van der Waals surface area contributed by atoms with E-state index in [0.29, 0.717) is 22.9 Å². The van der Waals surface area contributed by atoms with Crippen LogP contribution in [0.15, 0.2) is 41.5 Å². The quantitative estimate of drug-likeness (QED) is 0.401. The fourth-order valence-electron chi connectivity index (χ4n) is 2.24. The SMILES string of the molecule is COC(=O)COc1c(Cl)cc(/C=N/NCc2ccccc2OC)cc1OC. The summed E-state index contributed by atoms with van der Waals surface area (Å²) in [5.41, 5.74) is 4.65. The average molecular weight is 393 g/mol. The largest absolute Gasteiger partial charge is 0.496 e. The van der Waals surface area contributed by atoms with Crippen LogP contribution in [0.3, 0.4) is 0 Å². The van der Waals surface area contributed by atoms with Crippen molar-refractivity contribution in [2.75, 3.05) is 27.9 Å². The number of ether oxygens (including phenoxy) is 4. The molecule has 0 bridgehead atoms. The van der Waals surface area contributed by atoms with E-state index in [1.54, 1.807) is 25.5 Å². The highest BCUT2D eigenvalue weighted by Gasteiger charge is 2.13. The van der Waals surface area contributed by atoms with Crippen molar-refractivity contribution in [1.29, 1.82) is 0 Å². The molecule has 0 aromatic heterocycles. The number of hydrazone groups is 1. The Bertz CT molecular complexity index is 811. The first kappa shape index (κ1) is 20.4. The molecule has 7 nitrogen and oxygen atoms in total. The molecule has 0 fully saturated rings. The summed E-state index contributed by atoms with van der Waals surface area (Å²) in [6.07, 6.45) is 1.61. The lowest BCUT2D eigenvalue weighted by Crippen LogP contribution is -2.13. The summed E-state index contributed by atoms with van der Waals surface area (Å²) in [6.45, 7) is 0.242. The van der Waals surface area contributed by atoms with Gasteiger partial charge in [-0.2, -0.15) is 5.10 Å². The van der Waals surface area contributed by atoms with Crippen LogP contribution in [0, 0.1) is 0 Å². The number of hydrogen-bond acceptors (Lipinski definition) is 7. The predicted octanol–water partition coefficient (Wildman–Crippen LogP) is 3.03. The number of para-hydroxylation sites is 1. The van der Waals surface area contributed by atoms with Crippen molar-refractivity contribution < 1.29 is 23.7 Å². The van der Waals surface area contributed by atoms with E-state index in [1.807, 2.05) is 24.3 Å². The smallest absolute Gasteiger partial charge is 0.343 e. The molecule has 0 aliphatic rings. The lowest BCUT2D eigenvalue weighted by molar-refractivity contribution is -0.142. The minimum absolute atomic E-state index is 0.263. The molecule has 2 rings (SSSR count). The van der Waals surface area contributed by atoms with Crippen LogP contribution in [0.4, 0.5) is 0 Å². The maximum Gasteiger partial charge on any atom is 0.343 e. The Morgan fingerprint density at radius 3 is 2.59 bits per heavy atom. The number of hydrogen-bond donors (Lipinski definition) is 1. The van der Waals surface area contributed by atoms with Crippen LogP contribution in [0.25, 0.3) is 0 Å². The first-order chi connectivity index (χ1) is 13.1. The minimum atomic E-state index is -0.515. The summed E-state index contributed by atoms with van der Waals surface area (Å²) >= 11 is 6.23. The van der Waals surface area contributed by atoms with Gasteiger partial charge in [-0.3, -0.25) is 0 Å². The van der Waals surface area contributed by atoms with E-state index in [4.69, 9.17) is 25.8 Å². The third-order valence-corrected chi connectivity index (χ3v) is 3.86. The average Bonchev–Trinajstić information content (AvgIpc) is 2.69. The Morgan fingerprint density at radius 2 is 1.89 bits per heavy atom. The molecule has 27 heavy (non-hydrogen) atoms. The molecule has 0 amide bonds. The second kappa shape index (κ2) is 10.3. The van der Waals surface area contributed by atoms with E-state index in [1.165, 1.54) is 14.2 Å². The van der Waals surface area contributed by atoms with Gasteiger partial charge in [0.25, 0.3) is 0 Å². The standard InChI is InChI=1S/C19H21ClN2O5/c1-24-16-7-5-4-6-14(16)11-22-21-10-13-8-15(20)19(17(9-13)25-2)27-12-18(23)26-3/h4-10,22H,11-12H2,1-3H3/b21-10+. The van der Waals surface area contributed by atoms with Crippen molar-refractivity contribution in [1.82, 2.24) is 5.43 Å². The molecule has 0 spiro atoms. The molecule has 2 aromatic rings. The summed E-state index contributed by atoms with van der Waals surface area (Å²) < 4.78 is 20.5. The van der Waals surface area contributed by atoms with E-state index < -0.39 is 5.97 Å². The van der Waals surface area contributed by atoms with Gasteiger partial charge in [0.2, 0.25) is 0 Å². The number of nitrogens with one attached hydrogen (secondary N) is 1. The van der Waals surface area contributed by atoms with E-state index in [2.05, 4.69) is 15.3 Å². The number of carbonyl (C=O) groups excluding carboxylic acids is 1. The second-order valence-corrected chi connectivity index (χ2v) is 5.71. The minimum Gasteiger partial charge on any atom is -0.496 e. The number of esters is 1. The Morgan fingerprint density at radius 1 is 1.15 bits per heavy atom. The van der Waals surface area contributed by atoms with Crippen LogP contribution in [-0.2, 0) is 16.1 Å². The highest BCUT2D eigenvalue weighted by Crippen LogP contribution is 2.36. The Hall–Kier alpha value is -2.93. The normalized spacial score (nSPS) is 10.5. The molecule has 0 aliphatic heterocycles. The van der Waals surface area contributed by atoms with Gasteiger partial charge >= 0.3 is 5.97 Å². The molecule has 0 saturated heterocycles. The number of methoxy groups -OCH3 is 3. The van der Waals surface area contributed by atoms with Crippen LogP contribution >= 0.6 is 11.6 Å². The zero-order valence-electron chi connectivity index (χ0n) is 15.3. The fraction of sp³-hybridized carbons (Fsp3) is 0.263. The first-order valence-corrected chi connectivity index (χ1v) is 8.41. The summed E-state index contributed by atoms with van der Waals surface area (Å²) in [5, 5.41) is 4.48. The zero-order valence-corrected chi connectivity index (χ0v) is 16.1. The monoisotopic (exact) mass is 392 g/mol. The van der Waals surface area contributed by atoms with Crippen LogP contribution < -0.4 is 19.6 Å².